The van der Waals surface area contributed by atoms with Gasteiger partial charge < -0.3 is 0 Å². The minimum absolute atomic E-state index is 0.0322. The van der Waals surface area contributed by atoms with E-state index in [9.17, 15) is 12.8 Å². The second-order valence-corrected chi connectivity index (χ2v) is 7.11. The molecule has 0 amide bonds. The van der Waals surface area contributed by atoms with E-state index in [2.05, 4.69) is 5.10 Å². The van der Waals surface area contributed by atoms with Crippen LogP contribution in [-0.2, 0) is 16.4 Å². The Kier molecular flexibility index (Phi) is 4.25. The van der Waals surface area contributed by atoms with Crippen molar-refractivity contribution >= 4 is 9.84 Å². The maximum Gasteiger partial charge on any atom is 0.233 e. The maximum atomic E-state index is 14.5. The predicted molar refractivity (Wildman–Crippen MR) is 85.2 cm³/mol. The zero-order chi connectivity index (χ0) is 16.3. The highest BCUT2D eigenvalue weighted by molar-refractivity contribution is 7.91. The molecule has 0 bridgehead atoms. The van der Waals surface area contributed by atoms with Gasteiger partial charge in [-0.15, -0.1) is 0 Å². The number of sulfone groups is 1. The van der Waals surface area contributed by atoms with Crippen molar-refractivity contribution in [2.24, 2.45) is 0 Å². The molecule has 3 aromatic rings. The number of alkyl halides is 1. The minimum Gasteiger partial charge on any atom is -0.268 e. The SMILES string of the molecule is O=S(=O)(c1ccccc1)C(F)c1cnn(Cc2ccccc2)c1. The molecule has 1 heterocycles. The Hall–Kier alpha value is -2.47. The summed E-state index contributed by atoms with van der Waals surface area (Å²) < 4.78 is 40.6. The summed E-state index contributed by atoms with van der Waals surface area (Å²) in [6.07, 6.45) is 2.69. The number of hydrogen-bond donors (Lipinski definition) is 0. The summed E-state index contributed by atoms with van der Waals surface area (Å²) in [6.45, 7) is 0.457. The van der Waals surface area contributed by atoms with Crippen molar-refractivity contribution in [3.63, 3.8) is 0 Å². The molecule has 118 valence electrons. The van der Waals surface area contributed by atoms with Crippen LogP contribution in [-0.4, -0.2) is 18.2 Å². The van der Waals surface area contributed by atoms with Crippen LogP contribution in [0.5, 0.6) is 0 Å². The molecular formula is C17H15FN2O2S. The fourth-order valence-electron chi connectivity index (χ4n) is 2.26. The zero-order valence-corrected chi connectivity index (χ0v) is 13.0. The molecule has 0 radical (unpaired) electrons. The summed E-state index contributed by atoms with van der Waals surface area (Å²) >= 11 is 0. The van der Waals surface area contributed by atoms with E-state index in [4.69, 9.17) is 0 Å². The molecule has 1 unspecified atom stereocenters. The van der Waals surface area contributed by atoms with Gasteiger partial charge in [-0.1, -0.05) is 48.5 Å². The number of nitrogens with zero attached hydrogens (tertiary/aromatic N) is 2. The van der Waals surface area contributed by atoms with Gasteiger partial charge in [-0.05, 0) is 17.7 Å². The predicted octanol–water partition coefficient (Wildman–Crippen LogP) is 3.37. The van der Waals surface area contributed by atoms with Crippen molar-refractivity contribution in [2.45, 2.75) is 16.9 Å². The van der Waals surface area contributed by atoms with E-state index in [0.29, 0.717) is 6.54 Å². The van der Waals surface area contributed by atoms with Crippen LogP contribution in [0.25, 0.3) is 0 Å². The van der Waals surface area contributed by atoms with E-state index in [0.717, 1.165) is 5.56 Å². The number of halogens is 1. The van der Waals surface area contributed by atoms with Gasteiger partial charge in [0, 0.05) is 11.8 Å². The van der Waals surface area contributed by atoms with Crippen molar-refractivity contribution in [3.05, 3.63) is 84.2 Å². The van der Waals surface area contributed by atoms with Crippen LogP contribution < -0.4 is 0 Å². The second kappa shape index (κ2) is 6.34. The van der Waals surface area contributed by atoms with E-state index in [1.54, 1.807) is 18.2 Å². The van der Waals surface area contributed by atoms with Crippen LogP contribution in [0.1, 0.15) is 16.6 Å². The molecule has 23 heavy (non-hydrogen) atoms. The van der Waals surface area contributed by atoms with Gasteiger partial charge in [-0.25, -0.2) is 12.8 Å². The van der Waals surface area contributed by atoms with Crippen molar-refractivity contribution < 1.29 is 12.8 Å². The minimum atomic E-state index is -4.07. The van der Waals surface area contributed by atoms with Crippen LogP contribution in [0.2, 0.25) is 0 Å². The number of aromatic nitrogens is 2. The molecule has 0 saturated heterocycles. The molecule has 1 aromatic heterocycles. The third-order valence-corrected chi connectivity index (χ3v) is 5.19. The fourth-order valence-corrected chi connectivity index (χ4v) is 3.52. The summed E-state index contributed by atoms with van der Waals surface area (Å²) in [5, 5.41) is 4.05. The largest absolute Gasteiger partial charge is 0.268 e. The monoisotopic (exact) mass is 330 g/mol. The highest BCUT2D eigenvalue weighted by Crippen LogP contribution is 2.29. The molecule has 0 aliphatic carbocycles. The Morgan fingerprint density at radius 1 is 1.00 bits per heavy atom. The lowest BCUT2D eigenvalue weighted by Gasteiger charge is -2.08. The maximum absolute atomic E-state index is 14.5. The first-order valence-corrected chi connectivity index (χ1v) is 8.61. The summed E-state index contributed by atoms with van der Waals surface area (Å²) in [7, 11) is -4.07. The normalized spacial score (nSPS) is 12.9. The van der Waals surface area contributed by atoms with Gasteiger partial charge in [0.2, 0.25) is 15.3 Å². The van der Waals surface area contributed by atoms with Crippen molar-refractivity contribution in [1.29, 1.82) is 0 Å². The molecule has 0 saturated carbocycles. The van der Waals surface area contributed by atoms with Crippen LogP contribution >= 0.6 is 0 Å². The fraction of sp³-hybridized carbons (Fsp3) is 0.118. The lowest BCUT2D eigenvalue weighted by molar-refractivity contribution is 0.430. The van der Waals surface area contributed by atoms with Gasteiger partial charge in [0.25, 0.3) is 0 Å². The molecule has 1 atom stereocenters. The zero-order valence-electron chi connectivity index (χ0n) is 12.2. The van der Waals surface area contributed by atoms with Gasteiger partial charge in [-0.3, -0.25) is 4.68 Å². The summed E-state index contributed by atoms with van der Waals surface area (Å²) in [5.41, 5.74) is -1.09. The van der Waals surface area contributed by atoms with E-state index < -0.39 is 15.3 Å². The smallest absolute Gasteiger partial charge is 0.233 e. The lowest BCUT2D eigenvalue weighted by Crippen LogP contribution is -2.09. The molecule has 3 rings (SSSR count). The molecule has 2 aromatic carbocycles. The summed E-state index contributed by atoms with van der Waals surface area (Å²) in [4.78, 5) is -0.0386. The molecule has 0 spiro atoms. The van der Waals surface area contributed by atoms with Crippen molar-refractivity contribution in [3.8, 4) is 0 Å². The van der Waals surface area contributed by atoms with Crippen LogP contribution in [0.3, 0.4) is 0 Å². The first-order valence-electron chi connectivity index (χ1n) is 7.06. The van der Waals surface area contributed by atoms with E-state index in [-0.39, 0.29) is 10.5 Å². The van der Waals surface area contributed by atoms with Gasteiger partial charge in [0.05, 0.1) is 17.6 Å². The number of benzene rings is 2. The topological polar surface area (TPSA) is 52.0 Å². The molecule has 0 N–H and O–H groups in total. The van der Waals surface area contributed by atoms with E-state index in [1.165, 1.54) is 29.2 Å². The number of rotatable bonds is 5. The van der Waals surface area contributed by atoms with Crippen LogP contribution in [0.15, 0.2) is 78.0 Å². The Labute approximate surface area is 134 Å². The van der Waals surface area contributed by atoms with E-state index >= 15 is 0 Å². The molecule has 0 aliphatic rings. The van der Waals surface area contributed by atoms with E-state index in [1.807, 2.05) is 30.3 Å². The Morgan fingerprint density at radius 2 is 1.61 bits per heavy atom. The molecule has 6 heteroatoms. The quantitative estimate of drug-likeness (QED) is 0.721. The lowest BCUT2D eigenvalue weighted by atomic mass is 10.2. The van der Waals surface area contributed by atoms with Gasteiger partial charge in [-0.2, -0.15) is 5.10 Å². The number of hydrogen-bond acceptors (Lipinski definition) is 3. The molecular weight excluding hydrogens is 315 g/mol. The van der Waals surface area contributed by atoms with Crippen LogP contribution in [0.4, 0.5) is 4.39 Å². The highest BCUT2D eigenvalue weighted by atomic mass is 32.2. The third-order valence-electron chi connectivity index (χ3n) is 3.45. The Morgan fingerprint density at radius 3 is 2.26 bits per heavy atom. The van der Waals surface area contributed by atoms with Gasteiger partial charge >= 0.3 is 0 Å². The van der Waals surface area contributed by atoms with Crippen LogP contribution in [0, 0.1) is 0 Å². The van der Waals surface area contributed by atoms with Crippen molar-refractivity contribution in [1.82, 2.24) is 9.78 Å². The Bertz CT molecular complexity index is 877. The van der Waals surface area contributed by atoms with Crippen molar-refractivity contribution in [2.75, 3.05) is 0 Å². The Balaban J connectivity index is 1.83. The molecule has 0 aliphatic heterocycles. The second-order valence-electron chi connectivity index (χ2n) is 5.13. The first-order chi connectivity index (χ1) is 11.1. The summed E-state index contributed by atoms with van der Waals surface area (Å²) in [5.74, 6) is 0. The average molecular weight is 330 g/mol. The third kappa shape index (κ3) is 3.32. The average Bonchev–Trinajstić information content (AvgIpc) is 3.04. The van der Waals surface area contributed by atoms with Gasteiger partial charge in [0.1, 0.15) is 0 Å². The summed E-state index contributed by atoms with van der Waals surface area (Å²) in [6, 6.07) is 17.1. The standard InChI is InChI=1S/C17H15FN2O2S/c18-17(23(21,22)16-9-5-2-6-10-16)15-11-19-20(13-15)12-14-7-3-1-4-8-14/h1-11,13,17H,12H2. The molecule has 4 nitrogen and oxygen atoms in total. The molecule has 0 fully saturated rings. The first kappa shape index (κ1) is 15.4. The van der Waals surface area contributed by atoms with Gasteiger partial charge in [0.15, 0.2) is 0 Å². The highest BCUT2D eigenvalue weighted by Gasteiger charge is 2.29.